The first-order valence-electron chi connectivity index (χ1n) is 9.24. The lowest BCUT2D eigenvalue weighted by Gasteiger charge is -2.33. The van der Waals surface area contributed by atoms with Crippen LogP contribution in [0.4, 0.5) is 5.82 Å². The molecule has 28 heavy (non-hydrogen) atoms. The van der Waals surface area contributed by atoms with Crippen molar-refractivity contribution in [3.63, 3.8) is 0 Å². The van der Waals surface area contributed by atoms with Crippen molar-refractivity contribution in [3.8, 4) is 0 Å². The molecule has 0 spiro atoms. The maximum atomic E-state index is 12.1. The van der Waals surface area contributed by atoms with E-state index in [1.807, 2.05) is 4.90 Å². The molecule has 2 fully saturated rings. The van der Waals surface area contributed by atoms with Crippen LogP contribution in [-0.2, 0) is 20.9 Å². The van der Waals surface area contributed by atoms with E-state index in [1.54, 1.807) is 14.2 Å². The highest BCUT2D eigenvalue weighted by Gasteiger charge is 2.30. The van der Waals surface area contributed by atoms with Crippen LogP contribution in [0.5, 0.6) is 0 Å². The van der Waals surface area contributed by atoms with Gasteiger partial charge in [-0.15, -0.1) is 24.8 Å². The molecule has 1 aromatic rings. The molecule has 160 valence electrons. The van der Waals surface area contributed by atoms with Gasteiger partial charge in [0.05, 0.1) is 0 Å². The van der Waals surface area contributed by atoms with Crippen LogP contribution in [-0.4, -0.2) is 73.8 Å². The van der Waals surface area contributed by atoms with Crippen LogP contribution in [0.25, 0.3) is 0 Å². The summed E-state index contributed by atoms with van der Waals surface area (Å²) in [5.74, 6) is 2.08. The Bertz CT molecular complexity index is 631. The van der Waals surface area contributed by atoms with Crippen molar-refractivity contribution in [3.05, 3.63) is 17.6 Å². The van der Waals surface area contributed by atoms with Gasteiger partial charge in [-0.25, -0.2) is 9.97 Å². The summed E-state index contributed by atoms with van der Waals surface area (Å²) in [6.07, 6.45) is 2.85. The number of methoxy groups -OCH3 is 2. The number of nitrogens with zero attached hydrogens (tertiary/aromatic N) is 4. The normalized spacial score (nSPS) is 21.8. The summed E-state index contributed by atoms with van der Waals surface area (Å²) < 4.78 is 10.2. The molecule has 0 bridgehead atoms. The highest BCUT2D eigenvalue weighted by atomic mass is 35.5. The van der Waals surface area contributed by atoms with Gasteiger partial charge in [0.25, 0.3) is 0 Å². The van der Waals surface area contributed by atoms with Crippen molar-refractivity contribution in [1.29, 1.82) is 0 Å². The predicted molar refractivity (Wildman–Crippen MR) is 112 cm³/mol. The number of ether oxygens (including phenoxy) is 2. The molecule has 1 amide bonds. The van der Waals surface area contributed by atoms with Gasteiger partial charge >= 0.3 is 0 Å². The van der Waals surface area contributed by atoms with Gasteiger partial charge in [0.15, 0.2) is 5.82 Å². The molecule has 0 atom stereocenters. The Morgan fingerprint density at radius 1 is 1.14 bits per heavy atom. The van der Waals surface area contributed by atoms with E-state index in [0.29, 0.717) is 24.9 Å². The Morgan fingerprint density at radius 3 is 2.54 bits per heavy atom. The molecule has 1 aliphatic heterocycles. The van der Waals surface area contributed by atoms with Crippen LogP contribution in [0, 0.1) is 0 Å². The quantitative estimate of drug-likeness (QED) is 0.720. The monoisotopic (exact) mass is 435 g/mol. The van der Waals surface area contributed by atoms with Crippen LogP contribution >= 0.6 is 24.8 Å². The highest BCUT2D eigenvalue weighted by molar-refractivity contribution is 5.85. The number of nitrogens with two attached hydrogens (primary N) is 1. The molecular formula is C18H31Cl2N5O3. The van der Waals surface area contributed by atoms with Gasteiger partial charge in [0, 0.05) is 64.1 Å². The third-order valence-corrected chi connectivity index (χ3v) is 5.09. The minimum absolute atomic E-state index is 0. The fourth-order valence-corrected chi connectivity index (χ4v) is 3.58. The van der Waals surface area contributed by atoms with E-state index in [0.717, 1.165) is 50.4 Å². The number of carbonyl (C=O) groups is 1. The summed E-state index contributed by atoms with van der Waals surface area (Å²) in [4.78, 5) is 25.5. The largest absolute Gasteiger partial charge is 0.377 e. The van der Waals surface area contributed by atoms with Gasteiger partial charge in [0.2, 0.25) is 5.91 Å². The Morgan fingerprint density at radius 2 is 1.89 bits per heavy atom. The Labute approximate surface area is 179 Å². The van der Waals surface area contributed by atoms with E-state index in [-0.39, 0.29) is 43.4 Å². The van der Waals surface area contributed by atoms with Gasteiger partial charge in [-0.3, -0.25) is 4.79 Å². The Balaban J connectivity index is 0.00000196. The van der Waals surface area contributed by atoms with Crippen LogP contribution in [0.2, 0.25) is 0 Å². The maximum Gasteiger partial charge on any atom is 0.248 e. The number of hydrogen-bond donors (Lipinski definition) is 1. The van der Waals surface area contributed by atoms with Gasteiger partial charge in [-0.2, -0.15) is 0 Å². The van der Waals surface area contributed by atoms with Crippen molar-refractivity contribution in [2.24, 2.45) is 5.73 Å². The molecule has 1 saturated carbocycles. The van der Waals surface area contributed by atoms with Crippen LogP contribution in [0.1, 0.15) is 36.7 Å². The first kappa shape index (κ1) is 24.8. The minimum atomic E-state index is 0. The predicted octanol–water partition coefficient (Wildman–Crippen LogP) is 1.36. The number of halogens is 2. The number of anilines is 1. The van der Waals surface area contributed by atoms with Crippen LogP contribution in [0.3, 0.4) is 0 Å². The lowest BCUT2D eigenvalue weighted by atomic mass is 9.78. The number of carbonyl (C=O) groups excluding carboxylic acids is 1. The van der Waals surface area contributed by atoms with Crippen molar-refractivity contribution in [2.75, 3.05) is 51.9 Å². The van der Waals surface area contributed by atoms with Gasteiger partial charge in [-0.1, -0.05) is 0 Å². The number of hydrogen-bond acceptors (Lipinski definition) is 7. The third-order valence-electron chi connectivity index (χ3n) is 5.09. The summed E-state index contributed by atoms with van der Waals surface area (Å²) >= 11 is 0. The van der Waals surface area contributed by atoms with Gasteiger partial charge in [-0.05, 0) is 19.3 Å². The fourth-order valence-electron chi connectivity index (χ4n) is 3.58. The van der Waals surface area contributed by atoms with Crippen molar-refractivity contribution in [1.82, 2.24) is 14.9 Å². The molecular weight excluding hydrogens is 405 g/mol. The number of amides is 1. The van der Waals surface area contributed by atoms with Crippen LogP contribution < -0.4 is 10.6 Å². The van der Waals surface area contributed by atoms with E-state index >= 15 is 0 Å². The average molecular weight is 436 g/mol. The number of rotatable bonds is 6. The summed E-state index contributed by atoms with van der Waals surface area (Å²) in [6.45, 7) is 3.57. The molecule has 0 aromatic carbocycles. The van der Waals surface area contributed by atoms with E-state index < -0.39 is 0 Å². The maximum absolute atomic E-state index is 12.1. The molecule has 0 radical (unpaired) electrons. The standard InChI is InChI=1S/C18H29N5O3.2ClH/c1-25-11-16-20-15(13-8-14(19)9-13)10-17(21-16)22-4-3-5-23(7-6-22)18(24)12-26-2;;/h10,13-14H,3-9,11-12,19H2,1-2H3;2*1H. The zero-order chi connectivity index (χ0) is 18.5. The molecule has 2 heterocycles. The summed E-state index contributed by atoms with van der Waals surface area (Å²) in [5, 5.41) is 0. The summed E-state index contributed by atoms with van der Waals surface area (Å²) in [6, 6.07) is 2.37. The topological polar surface area (TPSA) is 93.8 Å². The second-order valence-electron chi connectivity index (χ2n) is 7.08. The summed E-state index contributed by atoms with van der Waals surface area (Å²) in [7, 11) is 3.20. The second kappa shape index (κ2) is 11.7. The first-order chi connectivity index (χ1) is 12.6. The molecule has 3 rings (SSSR count). The van der Waals surface area contributed by atoms with Crippen molar-refractivity contribution in [2.45, 2.75) is 37.8 Å². The number of aromatic nitrogens is 2. The van der Waals surface area contributed by atoms with E-state index in [2.05, 4.69) is 20.9 Å². The highest BCUT2D eigenvalue weighted by Crippen LogP contribution is 2.35. The van der Waals surface area contributed by atoms with E-state index in [9.17, 15) is 4.79 Å². The van der Waals surface area contributed by atoms with Crippen molar-refractivity contribution >= 4 is 36.5 Å². The molecule has 1 aromatic heterocycles. The molecule has 2 N–H and O–H groups in total. The molecule has 2 aliphatic rings. The second-order valence-corrected chi connectivity index (χ2v) is 7.08. The first-order valence-corrected chi connectivity index (χ1v) is 9.24. The summed E-state index contributed by atoms with van der Waals surface area (Å²) in [5.41, 5.74) is 7.00. The van der Waals surface area contributed by atoms with E-state index in [1.165, 1.54) is 0 Å². The van der Waals surface area contributed by atoms with E-state index in [4.69, 9.17) is 15.2 Å². The van der Waals surface area contributed by atoms with Crippen LogP contribution in [0.15, 0.2) is 6.07 Å². The van der Waals surface area contributed by atoms with Gasteiger partial charge < -0.3 is 25.0 Å². The Kier molecular flexibility index (Phi) is 10.4. The fraction of sp³-hybridized carbons (Fsp3) is 0.722. The third kappa shape index (κ3) is 6.15. The molecule has 10 heteroatoms. The Hall–Kier alpha value is -1.19. The van der Waals surface area contributed by atoms with Gasteiger partial charge in [0.1, 0.15) is 19.0 Å². The molecule has 1 aliphatic carbocycles. The molecule has 8 nitrogen and oxygen atoms in total. The lowest BCUT2D eigenvalue weighted by molar-refractivity contribution is -0.134. The zero-order valence-electron chi connectivity index (χ0n) is 16.5. The SMILES string of the molecule is COCC(=O)N1CCCN(c2cc(C3CC(N)C3)nc(COC)n2)CC1.Cl.Cl. The lowest BCUT2D eigenvalue weighted by Crippen LogP contribution is -2.37. The minimum Gasteiger partial charge on any atom is -0.377 e. The molecule has 0 unspecified atom stereocenters. The smallest absolute Gasteiger partial charge is 0.248 e. The van der Waals surface area contributed by atoms with Crippen molar-refractivity contribution < 1.29 is 14.3 Å². The molecule has 1 saturated heterocycles. The average Bonchev–Trinajstić information content (AvgIpc) is 2.85. The zero-order valence-corrected chi connectivity index (χ0v) is 18.1.